The third-order valence-electron chi connectivity index (χ3n) is 7.44. The summed E-state index contributed by atoms with van der Waals surface area (Å²) in [5.74, 6) is -0.180. The van der Waals surface area contributed by atoms with Gasteiger partial charge in [-0.15, -0.1) is 0 Å². The molecule has 42 heavy (non-hydrogen) atoms. The smallest absolute Gasteiger partial charge is 0.244 e. The maximum Gasteiger partial charge on any atom is 0.244 e. The van der Waals surface area contributed by atoms with Crippen LogP contribution in [0.2, 0.25) is 5.02 Å². The first-order chi connectivity index (χ1) is 20.1. The number of nitrogens with one attached hydrogen (secondary N) is 1. The average molecular weight is 612 g/mol. The van der Waals surface area contributed by atoms with E-state index in [1.165, 1.54) is 4.90 Å². The lowest BCUT2D eigenvalue weighted by Crippen LogP contribution is -2.52. The van der Waals surface area contributed by atoms with Gasteiger partial charge in [0.15, 0.2) is 0 Å². The largest absolute Gasteiger partial charge is 0.489 e. The molecule has 1 unspecified atom stereocenters. The fraction of sp³-hybridized carbons (Fsp3) is 0.375. The second-order valence-corrected chi connectivity index (χ2v) is 13.0. The van der Waals surface area contributed by atoms with Crippen molar-refractivity contribution in [2.45, 2.75) is 64.3 Å². The Morgan fingerprint density at radius 3 is 2.19 bits per heavy atom. The van der Waals surface area contributed by atoms with Gasteiger partial charge in [-0.25, -0.2) is 8.42 Å². The number of hydrogen-bond acceptors (Lipinski definition) is 5. The van der Waals surface area contributed by atoms with Gasteiger partial charge < -0.3 is 15.0 Å². The van der Waals surface area contributed by atoms with E-state index in [9.17, 15) is 18.0 Å². The molecule has 1 fully saturated rings. The van der Waals surface area contributed by atoms with Crippen molar-refractivity contribution < 1.29 is 22.7 Å². The first-order valence-corrected chi connectivity index (χ1v) is 16.4. The van der Waals surface area contributed by atoms with Crippen LogP contribution in [0.1, 0.15) is 50.2 Å². The number of carbonyl (C=O) groups excluding carboxylic acids is 2. The van der Waals surface area contributed by atoms with Gasteiger partial charge in [-0.05, 0) is 67.3 Å². The molecule has 10 heteroatoms. The zero-order valence-corrected chi connectivity index (χ0v) is 25.6. The lowest BCUT2D eigenvalue weighted by Gasteiger charge is -2.33. The van der Waals surface area contributed by atoms with Crippen molar-refractivity contribution in [3.05, 3.63) is 95.0 Å². The quantitative estimate of drug-likeness (QED) is 0.290. The van der Waals surface area contributed by atoms with Crippen LogP contribution in [0.15, 0.2) is 78.9 Å². The van der Waals surface area contributed by atoms with Crippen molar-refractivity contribution in [1.82, 2.24) is 10.2 Å². The van der Waals surface area contributed by atoms with E-state index in [0.29, 0.717) is 23.1 Å². The van der Waals surface area contributed by atoms with Crippen LogP contribution < -0.4 is 14.4 Å². The Kier molecular flexibility index (Phi) is 10.9. The molecule has 3 aromatic carbocycles. The zero-order chi connectivity index (χ0) is 30.1. The predicted molar refractivity (Wildman–Crippen MR) is 166 cm³/mol. The van der Waals surface area contributed by atoms with E-state index in [4.69, 9.17) is 16.3 Å². The highest BCUT2D eigenvalue weighted by molar-refractivity contribution is 7.92. The highest BCUT2D eigenvalue weighted by Gasteiger charge is 2.31. The van der Waals surface area contributed by atoms with Crippen molar-refractivity contribution >= 4 is 39.1 Å². The molecular formula is C32H38ClN3O5S. The molecule has 0 heterocycles. The Balaban J connectivity index is 1.51. The van der Waals surface area contributed by atoms with Gasteiger partial charge in [0.2, 0.25) is 21.8 Å². The minimum Gasteiger partial charge on any atom is -0.489 e. The Bertz CT molecular complexity index is 1430. The number of anilines is 1. The maximum absolute atomic E-state index is 13.8. The summed E-state index contributed by atoms with van der Waals surface area (Å²) in [5, 5.41) is 3.65. The number of hydrogen-bond donors (Lipinski definition) is 1. The molecule has 0 bridgehead atoms. The molecule has 2 amide bonds. The van der Waals surface area contributed by atoms with Crippen LogP contribution in [0.5, 0.6) is 5.75 Å². The van der Waals surface area contributed by atoms with Gasteiger partial charge >= 0.3 is 0 Å². The molecule has 0 radical (unpaired) electrons. The number of benzene rings is 3. The van der Waals surface area contributed by atoms with E-state index in [2.05, 4.69) is 5.32 Å². The number of rotatable bonds is 12. The lowest BCUT2D eigenvalue weighted by atomic mass is 9.95. The van der Waals surface area contributed by atoms with Crippen LogP contribution in [0, 0.1) is 0 Å². The molecule has 1 saturated carbocycles. The molecular weight excluding hydrogens is 574 g/mol. The van der Waals surface area contributed by atoms with Gasteiger partial charge in [0.25, 0.3) is 0 Å². The van der Waals surface area contributed by atoms with Gasteiger partial charge in [0.1, 0.15) is 24.9 Å². The fourth-order valence-corrected chi connectivity index (χ4v) is 5.98. The van der Waals surface area contributed by atoms with Gasteiger partial charge in [0.05, 0.1) is 11.9 Å². The molecule has 224 valence electrons. The molecule has 1 aliphatic carbocycles. The van der Waals surface area contributed by atoms with Gasteiger partial charge in [-0.2, -0.15) is 0 Å². The third-order valence-corrected chi connectivity index (χ3v) is 8.83. The molecule has 8 nitrogen and oxygen atoms in total. The van der Waals surface area contributed by atoms with E-state index in [1.54, 1.807) is 55.5 Å². The molecule has 4 rings (SSSR count). The Labute approximate surface area is 253 Å². The van der Waals surface area contributed by atoms with Crippen LogP contribution in [0.4, 0.5) is 5.69 Å². The normalized spacial score (nSPS) is 14.5. The molecule has 0 aliphatic heterocycles. The number of ether oxygens (including phenoxy) is 1. The first-order valence-electron chi connectivity index (χ1n) is 14.2. The number of carbonyl (C=O) groups is 2. The Morgan fingerprint density at radius 2 is 1.57 bits per heavy atom. The van der Waals surface area contributed by atoms with Crippen LogP contribution in [-0.2, 0) is 32.8 Å². The lowest BCUT2D eigenvalue weighted by molar-refractivity contribution is -0.139. The topological polar surface area (TPSA) is 96.0 Å². The van der Waals surface area contributed by atoms with Gasteiger partial charge in [0, 0.05) is 17.6 Å². The highest BCUT2D eigenvalue weighted by Crippen LogP contribution is 2.24. The predicted octanol–water partition coefficient (Wildman–Crippen LogP) is 5.55. The minimum absolute atomic E-state index is 0.0799. The summed E-state index contributed by atoms with van der Waals surface area (Å²) in [5.41, 5.74) is 2.10. The fourth-order valence-electron chi connectivity index (χ4n) is 5.00. The molecule has 3 aromatic rings. The molecule has 1 N–H and O–H groups in total. The van der Waals surface area contributed by atoms with Crippen LogP contribution >= 0.6 is 11.6 Å². The summed E-state index contributed by atoms with van der Waals surface area (Å²) in [6.45, 7) is 1.71. The van der Waals surface area contributed by atoms with Crippen molar-refractivity contribution in [2.75, 3.05) is 17.1 Å². The summed E-state index contributed by atoms with van der Waals surface area (Å²) in [6.07, 6.45) is 6.17. The van der Waals surface area contributed by atoms with E-state index >= 15 is 0 Å². The van der Waals surface area contributed by atoms with Crippen molar-refractivity contribution in [2.24, 2.45) is 0 Å². The monoisotopic (exact) mass is 611 g/mol. The molecule has 1 atom stereocenters. The van der Waals surface area contributed by atoms with Gasteiger partial charge in [-0.3, -0.25) is 13.9 Å². The van der Waals surface area contributed by atoms with Crippen LogP contribution in [-0.4, -0.2) is 50.0 Å². The zero-order valence-electron chi connectivity index (χ0n) is 24.0. The van der Waals surface area contributed by atoms with E-state index in [1.807, 2.05) is 30.3 Å². The number of halogens is 1. The van der Waals surface area contributed by atoms with Gasteiger partial charge in [-0.1, -0.05) is 73.3 Å². The highest BCUT2D eigenvalue weighted by atomic mass is 35.5. The van der Waals surface area contributed by atoms with E-state index in [0.717, 1.165) is 53.8 Å². The van der Waals surface area contributed by atoms with E-state index < -0.39 is 28.5 Å². The molecule has 1 aliphatic rings. The number of sulfonamides is 1. The van der Waals surface area contributed by atoms with Crippen molar-refractivity contribution in [1.29, 1.82) is 0 Å². The van der Waals surface area contributed by atoms with Crippen LogP contribution in [0.3, 0.4) is 0 Å². The summed E-state index contributed by atoms with van der Waals surface area (Å²) < 4.78 is 32.6. The first kappa shape index (κ1) is 31.4. The van der Waals surface area contributed by atoms with Crippen molar-refractivity contribution in [3.63, 3.8) is 0 Å². The second kappa shape index (κ2) is 14.6. The second-order valence-electron chi connectivity index (χ2n) is 10.7. The minimum atomic E-state index is -3.83. The Hall–Kier alpha value is -3.56. The standard InChI is InChI=1S/C32H38ClN3O5S/c1-24(32(38)34-28-11-7-4-8-12-28)35(21-25-13-15-27(33)16-14-25)31(37)22-36(42(2,39)40)29-17-19-30(20-18-29)41-23-26-9-5-3-6-10-26/h3,5-6,9-10,13-20,24,28H,4,7-8,11-12,21-23H2,1-2H3,(H,34,38). The third kappa shape index (κ3) is 8.97. The van der Waals surface area contributed by atoms with E-state index in [-0.39, 0.29) is 18.5 Å². The van der Waals surface area contributed by atoms with Crippen LogP contribution in [0.25, 0.3) is 0 Å². The SMILES string of the molecule is CC(C(=O)NC1CCCCC1)N(Cc1ccc(Cl)cc1)C(=O)CN(c1ccc(OCc2ccccc2)cc1)S(C)(=O)=O. The van der Waals surface area contributed by atoms with Crippen molar-refractivity contribution in [3.8, 4) is 5.75 Å². The maximum atomic E-state index is 13.8. The molecule has 0 spiro atoms. The summed E-state index contributed by atoms with van der Waals surface area (Å²) in [7, 11) is -3.83. The number of amides is 2. The average Bonchev–Trinajstić information content (AvgIpc) is 2.99. The number of nitrogens with zero attached hydrogens (tertiary/aromatic N) is 2. The molecule has 0 saturated heterocycles. The summed E-state index contributed by atoms with van der Waals surface area (Å²) in [4.78, 5) is 28.5. The summed E-state index contributed by atoms with van der Waals surface area (Å²) in [6, 6.07) is 22.5. The summed E-state index contributed by atoms with van der Waals surface area (Å²) >= 11 is 6.05. The Morgan fingerprint density at radius 1 is 0.929 bits per heavy atom. The molecule has 0 aromatic heterocycles.